The molecule has 0 saturated heterocycles. The second kappa shape index (κ2) is 27.2. The number of alkyl carbamates (subject to hydrolysis) is 1. The second-order valence-electron chi connectivity index (χ2n) is 22.7. The molecule has 6 aliphatic heterocycles. The lowest BCUT2D eigenvalue weighted by atomic mass is 9.77. The summed E-state index contributed by atoms with van der Waals surface area (Å²) in [5.41, 5.74) is 10.2. The van der Waals surface area contributed by atoms with Crippen molar-refractivity contribution in [3.8, 4) is 46.0 Å². The normalized spacial score (nSPS) is 14.2. The number of carbonyl (C=O) groups excluding carboxylic acids is 5. The van der Waals surface area contributed by atoms with Crippen LogP contribution in [0.5, 0.6) is 46.0 Å². The van der Waals surface area contributed by atoms with Crippen LogP contribution >= 0.6 is 0 Å². The van der Waals surface area contributed by atoms with E-state index in [1.54, 1.807) is 24.3 Å². The number of carboxylic acids is 2. The molecule has 0 radical (unpaired) electrons. The van der Waals surface area contributed by atoms with Crippen LogP contribution in [0.4, 0.5) is 4.79 Å². The Bertz CT molecular complexity index is 3880. The molecule has 0 fully saturated rings. The number of phenolic OH excluding ortho intramolecular Hbond substituents is 2. The largest absolute Gasteiger partial charge is 0.550 e. The van der Waals surface area contributed by atoms with Gasteiger partial charge in [0.2, 0.25) is 0 Å². The second-order valence-corrected chi connectivity index (χ2v) is 22.7. The number of hydrogen-bond donors (Lipinski definition) is 5. The molecule has 94 heavy (non-hydrogen) atoms. The number of unbranched alkanes of at least 4 members (excludes halogenated alkanes) is 2. The van der Waals surface area contributed by atoms with E-state index >= 15 is 0 Å². The molecule has 6 aliphatic rings. The standard InChI is InChI=1S/2C22H16O3.C20H12O5.C7H15NO3.2C2H4O2/c2*1-13-7-9-17-19(11-13)24-20-12-14(2)8-10-18(20)22(17)16-6-4-3-5-15(16)21(23)25-22;21-11-5-7-15-17(9-11)24-18-10-12(22)6-8-16(18)20(15)14-4-2-1-3-13(14)19(23)25-20;1-11-7(10)8-5-3-2-4-6-9;2*1-2(3)4/h2*3-12H,1-2H3;1-10,21-22H;9H,2-6H2,1H3,(H,8,10);2*1H3,(H,3,4)/p-1. The van der Waals surface area contributed by atoms with Crippen LogP contribution in [0.2, 0.25) is 0 Å². The summed E-state index contributed by atoms with van der Waals surface area (Å²) in [6, 6.07) is 55.9. The highest BCUT2D eigenvalue weighted by Gasteiger charge is 2.56. The lowest BCUT2D eigenvalue weighted by molar-refractivity contribution is -0.302. The monoisotopic (exact) mass is 1270 g/mol. The number of benzene rings is 9. The zero-order valence-corrected chi connectivity index (χ0v) is 52.4. The van der Waals surface area contributed by atoms with Gasteiger partial charge in [-0.15, -0.1) is 0 Å². The fourth-order valence-electron chi connectivity index (χ4n) is 12.1. The average Bonchev–Trinajstić information content (AvgIpc) is 1.47. The number of amides is 1. The number of fused-ring (bicyclic) bond motifs is 18. The first-order valence-corrected chi connectivity index (χ1v) is 30.0. The highest BCUT2D eigenvalue weighted by molar-refractivity contribution is 5.99. The van der Waals surface area contributed by atoms with Crippen LogP contribution in [0.1, 0.15) is 137 Å². The molecule has 9 aromatic rings. The van der Waals surface area contributed by atoms with E-state index in [1.807, 2.05) is 161 Å². The van der Waals surface area contributed by atoms with Gasteiger partial charge in [0.1, 0.15) is 46.0 Å². The van der Waals surface area contributed by atoms with Crippen LogP contribution < -0.4 is 24.6 Å². The first-order chi connectivity index (χ1) is 45.0. The number of aliphatic hydroxyl groups excluding tert-OH is 1. The van der Waals surface area contributed by atoms with Gasteiger partial charge >= 0.3 is 24.0 Å². The Morgan fingerprint density at radius 3 is 1.00 bits per heavy atom. The van der Waals surface area contributed by atoms with Gasteiger partial charge in [-0.1, -0.05) is 103 Å². The number of aromatic hydroxyl groups is 2. The van der Waals surface area contributed by atoms with E-state index in [1.165, 1.54) is 31.4 Å². The lowest BCUT2D eigenvalue weighted by Crippen LogP contribution is -2.33. The Balaban J connectivity index is 0.000000136. The van der Waals surface area contributed by atoms with E-state index in [4.69, 9.17) is 53.3 Å². The lowest BCUT2D eigenvalue weighted by Gasteiger charge is -2.36. The molecule has 0 aliphatic carbocycles. The Kier molecular flexibility index (Phi) is 18.9. The van der Waals surface area contributed by atoms with E-state index in [9.17, 15) is 29.4 Å². The summed E-state index contributed by atoms with van der Waals surface area (Å²) in [7, 11) is 1.34. The van der Waals surface area contributed by atoms with Crippen molar-refractivity contribution in [2.24, 2.45) is 0 Å². The SMILES string of the molecule is CC(=O)O.CC(=O)[O-].COC(=O)NCCCCCO.Cc1ccc2c(c1)Oc1cc(C)ccc1C21OC(=O)c2ccccc21.Cc1ccc2c(c1)Oc1cc(C)ccc1C21OC(=O)c2ccccc21.O=C1OC2(c3ccc(O)cc3Oc3cc(O)ccc32)c2ccccc21. The Labute approximate surface area is 541 Å². The molecular weight excluding hydrogens is 1200 g/mol. The van der Waals surface area contributed by atoms with Crippen molar-refractivity contribution >= 4 is 35.9 Å². The van der Waals surface area contributed by atoms with Crippen molar-refractivity contribution in [2.45, 2.75) is 77.6 Å². The van der Waals surface area contributed by atoms with Gasteiger partial charge in [-0.25, -0.2) is 19.2 Å². The predicted octanol–water partition coefficient (Wildman–Crippen LogP) is 12.8. The van der Waals surface area contributed by atoms with Crippen molar-refractivity contribution in [3.63, 3.8) is 0 Å². The van der Waals surface area contributed by atoms with E-state index < -0.39 is 40.8 Å². The molecule has 0 atom stereocenters. The maximum Gasteiger partial charge on any atom is 0.406 e. The number of aliphatic carboxylic acids is 2. The molecule has 0 bridgehead atoms. The Morgan fingerprint density at radius 1 is 0.436 bits per heavy atom. The molecule has 5 N–H and O–H groups in total. The Morgan fingerprint density at radius 2 is 0.713 bits per heavy atom. The summed E-state index contributed by atoms with van der Waals surface area (Å²) in [6.07, 6.45) is 2.22. The van der Waals surface area contributed by atoms with Gasteiger partial charge in [-0.3, -0.25) is 4.79 Å². The molecule has 480 valence electrons. The van der Waals surface area contributed by atoms with E-state index in [2.05, 4.69) is 10.1 Å². The number of nitrogens with one attached hydrogen (secondary N) is 1. The molecule has 15 rings (SSSR count). The minimum Gasteiger partial charge on any atom is -0.550 e. The first-order valence-electron chi connectivity index (χ1n) is 30.0. The molecule has 3 spiro atoms. The number of phenols is 2. The minimum absolute atomic E-state index is 0.0371. The van der Waals surface area contributed by atoms with Gasteiger partial charge in [0, 0.05) is 88.2 Å². The fraction of sp³-hybridized carbons (Fsp3) is 0.200. The third-order valence-corrected chi connectivity index (χ3v) is 16.0. The van der Waals surface area contributed by atoms with Crippen LogP contribution in [0, 0.1) is 27.7 Å². The summed E-state index contributed by atoms with van der Waals surface area (Å²) in [4.78, 5) is 66.1. The zero-order valence-electron chi connectivity index (χ0n) is 52.4. The number of carboxylic acid groups (broad SMARTS) is 2. The Hall–Kier alpha value is -11.4. The van der Waals surface area contributed by atoms with Crippen molar-refractivity contribution in [3.05, 3.63) is 271 Å². The van der Waals surface area contributed by atoms with Gasteiger partial charge in [0.25, 0.3) is 5.97 Å². The van der Waals surface area contributed by atoms with Gasteiger partial charge in [0.05, 0.1) is 23.8 Å². The molecule has 0 saturated carbocycles. The zero-order chi connectivity index (χ0) is 67.2. The molecule has 0 unspecified atom stereocenters. The maximum atomic E-state index is 12.6. The number of aryl methyl sites for hydroxylation is 4. The van der Waals surface area contributed by atoms with Crippen LogP contribution in [-0.2, 0) is 45.3 Å². The third kappa shape index (κ3) is 12.6. The van der Waals surface area contributed by atoms with Gasteiger partial charge in [-0.2, -0.15) is 0 Å². The molecule has 0 aromatic heterocycles. The average molecular weight is 1270 g/mol. The summed E-state index contributed by atoms with van der Waals surface area (Å²) in [5.74, 6) is 0.854. The number of methoxy groups -OCH3 is 1. The van der Waals surface area contributed by atoms with Crippen molar-refractivity contribution in [1.29, 1.82) is 0 Å². The minimum atomic E-state index is -1.17. The molecule has 1 amide bonds. The van der Waals surface area contributed by atoms with Crippen molar-refractivity contribution in [2.75, 3.05) is 20.3 Å². The number of hydrogen-bond acceptors (Lipinski definition) is 17. The summed E-state index contributed by atoms with van der Waals surface area (Å²) >= 11 is 0. The van der Waals surface area contributed by atoms with Crippen molar-refractivity contribution < 1.29 is 87.5 Å². The van der Waals surface area contributed by atoms with Gasteiger partial charge in [0.15, 0.2) is 16.8 Å². The first kappa shape index (κ1) is 65.5. The molecular formula is C75H66NO18-. The van der Waals surface area contributed by atoms with Crippen molar-refractivity contribution in [1.82, 2.24) is 5.32 Å². The number of carbonyl (C=O) groups is 6. The quantitative estimate of drug-likeness (QED) is 0.0608. The van der Waals surface area contributed by atoms with Crippen LogP contribution in [0.15, 0.2) is 182 Å². The molecule has 19 heteroatoms. The number of rotatable bonds is 5. The smallest absolute Gasteiger partial charge is 0.406 e. The van der Waals surface area contributed by atoms with E-state index in [0.717, 1.165) is 112 Å². The summed E-state index contributed by atoms with van der Waals surface area (Å²) in [5, 5.41) is 46.9. The third-order valence-electron chi connectivity index (χ3n) is 16.0. The van der Waals surface area contributed by atoms with E-state index in [0.29, 0.717) is 51.4 Å². The number of aliphatic hydroxyl groups is 1. The van der Waals surface area contributed by atoms with Crippen LogP contribution in [-0.4, -0.2) is 76.6 Å². The maximum absolute atomic E-state index is 12.6. The summed E-state index contributed by atoms with van der Waals surface area (Å²) in [6.45, 7) is 11.0. The predicted molar refractivity (Wildman–Crippen MR) is 342 cm³/mol. The number of ether oxygens (including phenoxy) is 7. The molecule has 6 heterocycles. The number of esters is 3. The molecule has 19 nitrogen and oxygen atoms in total. The highest BCUT2D eigenvalue weighted by atomic mass is 16.6. The van der Waals surface area contributed by atoms with E-state index in [-0.39, 0.29) is 30.0 Å². The van der Waals surface area contributed by atoms with Gasteiger partial charge in [-0.05, 0) is 143 Å². The van der Waals surface area contributed by atoms with Crippen LogP contribution in [0.3, 0.4) is 0 Å². The summed E-state index contributed by atoms with van der Waals surface area (Å²) < 4.78 is 40.7. The highest BCUT2D eigenvalue weighted by Crippen LogP contribution is 2.60. The van der Waals surface area contributed by atoms with Crippen LogP contribution in [0.25, 0.3) is 0 Å². The molecule has 9 aromatic carbocycles. The van der Waals surface area contributed by atoms with Gasteiger partial charge < -0.3 is 68.8 Å². The topological polar surface area (TPSA) is 283 Å². The fourth-order valence-corrected chi connectivity index (χ4v) is 12.1.